The zero-order valence-electron chi connectivity index (χ0n) is 15.5. The topological polar surface area (TPSA) is 56.2 Å². The van der Waals surface area contributed by atoms with Crippen LogP contribution in [0.15, 0.2) is 65.1 Å². The van der Waals surface area contributed by atoms with E-state index in [2.05, 4.69) is 30.8 Å². The van der Waals surface area contributed by atoms with Gasteiger partial charge in [-0.05, 0) is 51.8 Å². The number of amides is 1. The van der Waals surface area contributed by atoms with E-state index < -0.39 is 0 Å². The van der Waals surface area contributed by atoms with Crippen molar-refractivity contribution >= 4 is 43.6 Å². The fourth-order valence-corrected chi connectivity index (χ4v) is 3.91. The third-order valence-corrected chi connectivity index (χ3v) is 5.51. The van der Waals surface area contributed by atoms with Crippen molar-refractivity contribution in [1.82, 2.24) is 14.9 Å². The van der Waals surface area contributed by atoms with Gasteiger partial charge < -0.3 is 14.6 Å². The first-order chi connectivity index (χ1) is 13.6. The second kappa shape index (κ2) is 8.02. The number of benzene rings is 3. The molecule has 142 valence electrons. The minimum atomic E-state index is -0.151. The van der Waals surface area contributed by atoms with Gasteiger partial charge in [0.2, 0.25) is 0 Å². The number of nitrogens with one attached hydrogen (secondary N) is 1. The van der Waals surface area contributed by atoms with Crippen LogP contribution in [0, 0.1) is 6.92 Å². The van der Waals surface area contributed by atoms with Crippen LogP contribution in [0.2, 0.25) is 0 Å². The largest absolute Gasteiger partial charge is 0.483 e. The number of hydrogen-bond donors (Lipinski definition) is 1. The lowest BCUT2D eigenvalue weighted by Gasteiger charge is -2.11. The van der Waals surface area contributed by atoms with Gasteiger partial charge in [-0.15, -0.1) is 0 Å². The second-order valence-electron chi connectivity index (χ2n) is 6.54. The number of imidazole rings is 1. The smallest absolute Gasteiger partial charge is 0.258 e. The molecule has 6 heteroatoms. The highest BCUT2D eigenvalue weighted by Crippen LogP contribution is 2.32. The Morgan fingerprint density at radius 3 is 2.79 bits per heavy atom. The van der Waals surface area contributed by atoms with E-state index in [1.54, 1.807) is 0 Å². The van der Waals surface area contributed by atoms with Gasteiger partial charge in [-0.3, -0.25) is 4.79 Å². The normalized spacial score (nSPS) is 11.1. The number of nitrogens with zero attached hydrogens (tertiary/aromatic N) is 2. The maximum absolute atomic E-state index is 12.2. The number of para-hydroxylation sites is 2. The lowest BCUT2D eigenvalue weighted by Crippen LogP contribution is -2.31. The molecular weight excluding hydrogens is 418 g/mol. The van der Waals surface area contributed by atoms with Crippen LogP contribution in [0.5, 0.6) is 5.75 Å². The number of fused-ring (bicyclic) bond motifs is 2. The highest BCUT2D eigenvalue weighted by molar-refractivity contribution is 9.10. The quantitative estimate of drug-likeness (QED) is 0.484. The van der Waals surface area contributed by atoms with Gasteiger partial charge in [-0.1, -0.05) is 42.5 Å². The van der Waals surface area contributed by atoms with Crippen LogP contribution in [0.25, 0.3) is 21.8 Å². The maximum Gasteiger partial charge on any atom is 0.258 e. The van der Waals surface area contributed by atoms with Crippen molar-refractivity contribution in [3.05, 3.63) is 71.0 Å². The van der Waals surface area contributed by atoms with Gasteiger partial charge >= 0.3 is 0 Å². The molecule has 0 radical (unpaired) electrons. The van der Waals surface area contributed by atoms with E-state index in [1.165, 1.54) is 0 Å². The molecule has 28 heavy (non-hydrogen) atoms. The Morgan fingerprint density at radius 1 is 1.11 bits per heavy atom. The third-order valence-electron chi connectivity index (χ3n) is 4.69. The van der Waals surface area contributed by atoms with Gasteiger partial charge in [0.15, 0.2) is 6.61 Å². The lowest BCUT2D eigenvalue weighted by molar-refractivity contribution is -0.123. The molecule has 1 aromatic heterocycles. The molecule has 0 saturated heterocycles. The van der Waals surface area contributed by atoms with Crippen molar-refractivity contribution in [1.29, 1.82) is 0 Å². The maximum atomic E-state index is 12.2. The van der Waals surface area contributed by atoms with E-state index in [0.717, 1.165) is 32.1 Å². The van der Waals surface area contributed by atoms with E-state index in [4.69, 9.17) is 4.74 Å². The van der Waals surface area contributed by atoms with E-state index in [-0.39, 0.29) is 12.5 Å². The SMILES string of the molecule is Cc1nc2ccccc2n1CCNC(=O)COc1ccc2ccccc2c1Br. The van der Waals surface area contributed by atoms with Crippen LogP contribution in [0.3, 0.4) is 0 Å². The van der Waals surface area contributed by atoms with Crippen molar-refractivity contribution in [2.75, 3.05) is 13.2 Å². The van der Waals surface area contributed by atoms with E-state index in [9.17, 15) is 4.79 Å². The van der Waals surface area contributed by atoms with Crippen LogP contribution in [0.1, 0.15) is 5.82 Å². The van der Waals surface area contributed by atoms with Gasteiger partial charge in [-0.2, -0.15) is 0 Å². The van der Waals surface area contributed by atoms with Crippen LogP contribution >= 0.6 is 15.9 Å². The van der Waals surface area contributed by atoms with Crippen molar-refractivity contribution < 1.29 is 9.53 Å². The van der Waals surface area contributed by atoms with Gasteiger partial charge in [0.1, 0.15) is 11.6 Å². The standard InChI is InChI=1S/C22H20BrN3O2/c1-15-25-18-8-4-5-9-19(18)26(15)13-12-24-21(27)14-28-20-11-10-16-6-2-3-7-17(16)22(20)23/h2-11H,12-14H2,1H3,(H,24,27). The molecule has 0 aliphatic rings. The first kappa shape index (κ1) is 18.5. The molecule has 5 nitrogen and oxygen atoms in total. The van der Waals surface area contributed by atoms with Gasteiger partial charge in [0.05, 0.1) is 15.5 Å². The van der Waals surface area contributed by atoms with Crippen molar-refractivity contribution in [2.45, 2.75) is 13.5 Å². The zero-order valence-corrected chi connectivity index (χ0v) is 17.1. The van der Waals surface area contributed by atoms with E-state index >= 15 is 0 Å². The average Bonchev–Trinajstić information content (AvgIpc) is 3.03. The van der Waals surface area contributed by atoms with Crippen LogP contribution in [-0.2, 0) is 11.3 Å². The molecule has 0 aliphatic heterocycles. The Labute approximate surface area is 171 Å². The number of aryl methyl sites for hydroxylation is 1. The summed E-state index contributed by atoms with van der Waals surface area (Å²) in [7, 11) is 0. The van der Waals surface area contributed by atoms with Gasteiger partial charge in [0, 0.05) is 13.1 Å². The number of halogens is 1. The molecule has 0 aliphatic carbocycles. The predicted molar refractivity (Wildman–Crippen MR) is 115 cm³/mol. The van der Waals surface area contributed by atoms with Gasteiger partial charge in [0.25, 0.3) is 5.91 Å². The first-order valence-electron chi connectivity index (χ1n) is 9.12. The van der Waals surface area contributed by atoms with Crippen LogP contribution in [-0.4, -0.2) is 28.6 Å². The molecule has 0 spiro atoms. The molecule has 1 N–H and O–H groups in total. The van der Waals surface area contributed by atoms with Crippen molar-refractivity contribution in [2.24, 2.45) is 0 Å². The summed E-state index contributed by atoms with van der Waals surface area (Å²) >= 11 is 3.57. The van der Waals surface area contributed by atoms with Crippen molar-refractivity contribution in [3.8, 4) is 5.75 Å². The fraction of sp³-hybridized carbons (Fsp3) is 0.182. The number of carbonyl (C=O) groups excluding carboxylic acids is 1. The third kappa shape index (κ3) is 3.73. The average molecular weight is 438 g/mol. The molecule has 3 aromatic carbocycles. The number of aromatic nitrogens is 2. The molecular formula is C22H20BrN3O2. The summed E-state index contributed by atoms with van der Waals surface area (Å²) in [6.07, 6.45) is 0. The second-order valence-corrected chi connectivity index (χ2v) is 7.33. The molecule has 0 bridgehead atoms. The van der Waals surface area contributed by atoms with E-state index in [0.29, 0.717) is 18.8 Å². The molecule has 0 atom stereocenters. The number of carbonyl (C=O) groups is 1. The molecule has 4 aromatic rings. The Hall–Kier alpha value is -2.86. The minimum absolute atomic E-state index is 0.0272. The Balaban J connectivity index is 1.34. The number of hydrogen-bond acceptors (Lipinski definition) is 3. The Bertz CT molecular complexity index is 1150. The van der Waals surface area contributed by atoms with Crippen LogP contribution in [0.4, 0.5) is 0 Å². The summed E-state index contributed by atoms with van der Waals surface area (Å²) in [6.45, 7) is 3.13. The molecule has 0 unspecified atom stereocenters. The Morgan fingerprint density at radius 2 is 1.89 bits per heavy atom. The summed E-state index contributed by atoms with van der Waals surface area (Å²) in [4.78, 5) is 16.7. The van der Waals surface area contributed by atoms with Gasteiger partial charge in [-0.25, -0.2) is 4.98 Å². The highest BCUT2D eigenvalue weighted by atomic mass is 79.9. The summed E-state index contributed by atoms with van der Waals surface area (Å²) < 4.78 is 8.68. The first-order valence-corrected chi connectivity index (χ1v) is 9.91. The van der Waals surface area contributed by atoms with Crippen LogP contribution < -0.4 is 10.1 Å². The number of ether oxygens (including phenoxy) is 1. The van der Waals surface area contributed by atoms with E-state index in [1.807, 2.05) is 67.6 Å². The molecule has 0 saturated carbocycles. The Kier molecular flexibility index (Phi) is 5.30. The summed E-state index contributed by atoms with van der Waals surface area (Å²) in [5.41, 5.74) is 2.04. The van der Waals surface area contributed by atoms with Crippen molar-refractivity contribution in [3.63, 3.8) is 0 Å². The molecule has 4 rings (SSSR count). The summed E-state index contributed by atoms with van der Waals surface area (Å²) in [5.74, 6) is 1.44. The monoisotopic (exact) mass is 437 g/mol. The lowest BCUT2D eigenvalue weighted by atomic mass is 10.1. The summed E-state index contributed by atoms with van der Waals surface area (Å²) in [6, 6.07) is 19.9. The highest BCUT2D eigenvalue weighted by Gasteiger charge is 2.10. The fourth-order valence-electron chi connectivity index (χ4n) is 3.30. The molecule has 1 heterocycles. The zero-order chi connectivity index (χ0) is 19.5. The number of rotatable bonds is 6. The minimum Gasteiger partial charge on any atom is -0.483 e. The molecule has 0 fully saturated rings. The predicted octanol–water partition coefficient (Wildman–Crippen LogP) is 4.46. The summed E-state index contributed by atoms with van der Waals surface area (Å²) in [5, 5.41) is 5.09. The molecule has 1 amide bonds.